The van der Waals surface area contributed by atoms with Gasteiger partial charge in [0.2, 0.25) is 17.8 Å². The van der Waals surface area contributed by atoms with E-state index in [4.69, 9.17) is 45.0 Å². The molecule has 3 aliphatic rings. The molecule has 2 aromatic heterocycles. The molecule has 8 rings (SSSR count). The molecule has 2 saturated heterocycles. The second-order valence-corrected chi connectivity index (χ2v) is 17.4. The molecule has 370 valence electrons. The second-order valence-electron chi connectivity index (χ2n) is 17.0. The first-order valence-electron chi connectivity index (χ1n) is 23.4. The van der Waals surface area contributed by atoms with Crippen molar-refractivity contribution in [1.29, 1.82) is 0 Å². The number of amides is 4. The topological polar surface area (TPSA) is 214 Å². The summed E-state index contributed by atoms with van der Waals surface area (Å²) < 4.78 is 36.1. The van der Waals surface area contributed by atoms with E-state index in [2.05, 4.69) is 31.9 Å². The maximum atomic E-state index is 12.9. The summed E-state index contributed by atoms with van der Waals surface area (Å²) in [5.74, 6) is 1.58. The van der Waals surface area contributed by atoms with Crippen molar-refractivity contribution in [2.75, 3.05) is 89.8 Å². The van der Waals surface area contributed by atoms with Gasteiger partial charge in [0.1, 0.15) is 29.2 Å². The molecule has 19 nitrogen and oxygen atoms in total. The predicted octanol–water partition coefficient (Wildman–Crippen LogP) is 4.89. The summed E-state index contributed by atoms with van der Waals surface area (Å²) in [5.41, 5.74) is 3.55. The number of nitrogens with zero attached hydrogens (tertiary/aromatic N) is 5. The van der Waals surface area contributed by atoms with Crippen molar-refractivity contribution in [1.82, 2.24) is 30.1 Å². The molecular formula is C50H57ClN8O11. The average molecular weight is 982 g/mol. The van der Waals surface area contributed by atoms with Crippen molar-refractivity contribution in [3.05, 3.63) is 105 Å². The number of hydrogen-bond acceptors (Lipinski definition) is 15. The van der Waals surface area contributed by atoms with Crippen LogP contribution < -0.4 is 40.6 Å². The van der Waals surface area contributed by atoms with Crippen molar-refractivity contribution in [2.24, 2.45) is 7.05 Å². The number of anilines is 3. The summed E-state index contributed by atoms with van der Waals surface area (Å²) in [7, 11) is 3.16. The first kappa shape index (κ1) is 49.6. The molecule has 0 aliphatic carbocycles. The van der Waals surface area contributed by atoms with Gasteiger partial charge in [-0.1, -0.05) is 29.8 Å². The first-order chi connectivity index (χ1) is 34.1. The molecule has 3 aliphatic heterocycles. The molecule has 0 radical (unpaired) electrons. The molecule has 20 heteroatoms. The summed E-state index contributed by atoms with van der Waals surface area (Å²) in [6.45, 7) is 5.00. The van der Waals surface area contributed by atoms with E-state index >= 15 is 0 Å². The van der Waals surface area contributed by atoms with E-state index in [0.717, 1.165) is 49.1 Å². The van der Waals surface area contributed by atoms with E-state index < -0.39 is 11.9 Å². The Kier molecular flexibility index (Phi) is 16.8. The summed E-state index contributed by atoms with van der Waals surface area (Å²) in [5, 5.41) is 9.20. The largest absolute Gasteiger partial charge is 0.493 e. The summed E-state index contributed by atoms with van der Waals surface area (Å²) in [6.07, 6.45) is 4.63. The van der Waals surface area contributed by atoms with Crippen molar-refractivity contribution in [3.8, 4) is 17.2 Å². The molecule has 5 aromatic rings. The Morgan fingerprint density at radius 3 is 2.36 bits per heavy atom. The Bertz CT molecular complexity index is 2750. The van der Waals surface area contributed by atoms with Crippen LogP contribution >= 0.6 is 11.6 Å². The van der Waals surface area contributed by atoms with Crippen LogP contribution in [0, 0.1) is 0 Å². The monoisotopic (exact) mass is 980 g/mol. The van der Waals surface area contributed by atoms with Gasteiger partial charge in [0.15, 0.2) is 18.2 Å². The highest BCUT2D eigenvalue weighted by Crippen LogP contribution is 2.36. The number of benzene rings is 3. The van der Waals surface area contributed by atoms with Crippen LogP contribution in [0.2, 0.25) is 5.02 Å². The number of hydrogen-bond donors (Lipinski definition) is 3. The van der Waals surface area contributed by atoms with E-state index in [0.29, 0.717) is 111 Å². The number of fused-ring (bicyclic) bond motifs is 2. The zero-order valence-corrected chi connectivity index (χ0v) is 40.0. The number of piperidine rings is 2. The lowest BCUT2D eigenvalue weighted by molar-refractivity contribution is -0.137. The average Bonchev–Trinajstić information content (AvgIpc) is 3.69. The highest BCUT2D eigenvalue weighted by Gasteiger charge is 2.39. The van der Waals surface area contributed by atoms with Crippen LogP contribution in [0.5, 0.6) is 17.2 Å². The highest BCUT2D eigenvalue weighted by atomic mass is 35.5. The maximum Gasteiger partial charge on any atom is 0.293 e. The van der Waals surface area contributed by atoms with Gasteiger partial charge in [-0.15, -0.1) is 0 Å². The molecule has 70 heavy (non-hydrogen) atoms. The smallest absolute Gasteiger partial charge is 0.293 e. The number of likely N-dealkylation sites (N-methyl/N-ethyl adjacent to an activating group) is 1. The van der Waals surface area contributed by atoms with Crippen LogP contribution in [0.25, 0.3) is 10.9 Å². The molecule has 3 N–H and O–H groups in total. The van der Waals surface area contributed by atoms with Crippen molar-refractivity contribution >= 4 is 63.6 Å². The molecule has 0 saturated carbocycles. The number of ether oxygens (including phenoxy) is 6. The number of para-hydroxylation sites is 1. The number of aryl methyl sites for hydroxylation is 1. The Balaban J connectivity index is 0.694. The highest BCUT2D eigenvalue weighted by molar-refractivity contribution is 6.33. The van der Waals surface area contributed by atoms with Crippen LogP contribution in [-0.4, -0.2) is 129 Å². The molecule has 2 fully saturated rings. The summed E-state index contributed by atoms with van der Waals surface area (Å²) in [4.78, 5) is 74.3. The third kappa shape index (κ3) is 12.3. The van der Waals surface area contributed by atoms with E-state index in [1.807, 2.05) is 42.5 Å². The number of carbonyl (C=O) groups excluding carboxylic acids is 4. The molecule has 4 amide bonds. The van der Waals surface area contributed by atoms with Crippen molar-refractivity contribution in [2.45, 2.75) is 50.6 Å². The molecule has 1 atom stereocenters. The molecular weight excluding hydrogens is 924 g/mol. The fraction of sp³-hybridized carbons (Fsp3) is 0.420. The minimum atomic E-state index is -0.654. The zero-order valence-electron chi connectivity index (χ0n) is 39.2. The summed E-state index contributed by atoms with van der Waals surface area (Å²) >= 11 is 6.58. The first-order valence-corrected chi connectivity index (χ1v) is 23.8. The predicted molar refractivity (Wildman–Crippen MR) is 260 cm³/mol. The van der Waals surface area contributed by atoms with Crippen LogP contribution in [0.4, 0.5) is 17.5 Å². The SMILES string of the molecule is CNC(=O)COc1cc2cc(Nc3nc(N4CCC(c5ccccc5OCCCOCCOCCOCCOc5ccc6c(c5)CN(C5CCC(=O)NC5=O)C6=O)CC4)ncc3Cl)ccc2n(C)c1=O. The van der Waals surface area contributed by atoms with Gasteiger partial charge < -0.3 is 53.4 Å². The van der Waals surface area contributed by atoms with Gasteiger partial charge in [-0.05, 0) is 84.8 Å². The number of nitrogens with one attached hydrogen (secondary N) is 3. The standard InChI is InChI=1S/C50H57ClN8O11/c1-52-45(61)31-70-43-28-33-26-35(8-11-40(33)57(2)49(43)64)54-46-39(51)29-53-50(56-46)58-16-14-32(15-17-58)37-6-3-4-7-42(37)69-19-5-18-65-20-21-66-22-23-67-24-25-68-36-9-10-38-34(27-36)30-59(48(38)63)41-12-13-44(60)55-47(41)62/h3-4,6-11,26-29,32,41H,5,12-25,30-31H2,1-2H3,(H,52,61)(H,53,54,56)(H,55,60,62). The molecule has 0 spiro atoms. The number of rotatable bonds is 23. The lowest BCUT2D eigenvalue weighted by Gasteiger charge is -2.33. The Morgan fingerprint density at radius 2 is 1.59 bits per heavy atom. The minimum Gasteiger partial charge on any atom is -0.493 e. The fourth-order valence-electron chi connectivity index (χ4n) is 8.67. The Hall–Kier alpha value is -6.80. The van der Waals surface area contributed by atoms with Crippen molar-refractivity contribution < 1.29 is 47.6 Å². The van der Waals surface area contributed by atoms with Gasteiger partial charge in [-0.2, -0.15) is 4.98 Å². The lowest BCUT2D eigenvalue weighted by Crippen LogP contribution is -2.52. The van der Waals surface area contributed by atoms with E-state index in [9.17, 15) is 24.0 Å². The third-order valence-electron chi connectivity index (χ3n) is 12.4. The van der Waals surface area contributed by atoms with Gasteiger partial charge in [-0.25, -0.2) is 4.98 Å². The van der Waals surface area contributed by atoms with Crippen LogP contribution in [0.15, 0.2) is 77.7 Å². The van der Waals surface area contributed by atoms with E-state index in [1.54, 1.807) is 31.4 Å². The van der Waals surface area contributed by atoms with Gasteiger partial charge in [-0.3, -0.25) is 29.3 Å². The van der Waals surface area contributed by atoms with Gasteiger partial charge in [0.05, 0.1) is 51.4 Å². The number of carbonyl (C=O) groups is 4. The Morgan fingerprint density at radius 1 is 0.829 bits per heavy atom. The molecule has 5 heterocycles. The number of aromatic nitrogens is 3. The minimum absolute atomic E-state index is 0.0707. The lowest BCUT2D eigenvalue weighted by atomic mass is 9.89. The van der Waals surface area contributed by atoms with Crippen LogP contribution in [-0.2, 0) is 42.2 Å². The third-order valence-corrected chi connectivity index (χ3v) is 12.7. The molecule has 1 unspecified atom stereocenters. The van der Waals surface area contributed by atoms with Crippen molar-refractivity contribution in [3.63, 3.8) is 0 Å². The normalized spacial score (nSPS) is 16.0. The van der Waals surface area contributed by atoms with E-state index in [-0.39, 0.29) is 42.1 Å². The van der Waals surface area contributed by atoms with Crippen LogP contribution in [0.1, 0.15) is 59.5 Å². The second kappa shape index (κ2) is 23.7. The number of halogens is 1. The molecule has 0 bridgehead atoms. The van der Waals surface area contributed by atoms with E-state index in [1.165, 1.54) is 22.1 Å². The molecule has 3 aromatic carbocycles. The number of imide groups is 1. The van der Waals surface area contributed by atoms with Gasteiger partial charge >= 0.3 is 0 Å². The Labute approximate surface area is 409 Å². The quantitative estimate of drug-likeness (QED) is 0.0587. The van der Waals surface area contributed by atoms with Gasteiger partial charge in [0.25, 0.3) is 17.4 Å². The number of pyridine rings is 1. The maximum absolute atomic E-state index is 12.9. The summed E-state index contributed by atoms with van der Waals surface area (Å²) in [6, 6.07) is 19.9. The van der Waals surface area contributed by atoms with Crippen LogP contribution in [0.3, 0.4) is 0 Å². The fourth-order valence-corrected chi connectivity index (χ4v) is 8.81. The van der Waals surface area contributed by atoms with Gasteiger partial charge in [0, 0.05) is 69.8 Å². The zero-order chi connectivity index (χ0) is 49.0.